The maximum absolute atomic E-state index is 11.2. The molecule has 1 aliphatic rings. The number of nitrogens with zero attached hydrogens (tertiary/aromatic N) is 4. The molecule has 1 aliphatic heterocycles. The molecule has 0 aromatic rings. The van der Waals surface area contributed by atoms with Gasteiger partial charge in [0.15, 0.2) is 0 Å². The number of hydrogen-bond donors (Lipinski definition) is 1. The van der Waals surface area contributed by atoms with E-state index in [1.807, 2.05) is 0 Å². The average molecular weight is 237 g/mol. The van der Waals surface area contributed by atoms with Crippen LogP contribution in [0.5, 0.6) is 0 Å². The Morgan fingerprint density at radius 1 is 1.35 bits per heavy atom. The molecule has 1 N–H and O–H groups in total. The third-order valence-corrected chi connectivity index (χ3v) is 2.54. The van der Waals surface area contributed by atoms with Gasteiger partial charge in [0.25, 0.3) is 5.91 Å². The number of aliphatic imine (C=N–C) groups is 1. The lowest BCUT2D eigenvalue weighted by atomic mass is 10.4. The highest BCUT2D eigenvalue weighted by molar-refractivity contribution is 6.06. The van der Waals surface area contributed by atoms with Crippen molar-refractivity contribution in [2.24, 2.45) is 15.2 Å². The molecule has 6 nitrogen and oxygen atoms in total. The fourth-order valence-electron chi connectivity index (χ4n) is 1.44. The maximum atomic E-state index is 11.2. The van der Waals surface area contributed by atoms with E-state index < -0.39 is 0 Å². The van der Waals surface area contributed by atoms with Gasteiger partial charge in [0.1, 0.15) is 5.70 Å². The monoisotopic (exact) mass is 237 g/mol. The molecule has 0 unspecified atom stereocenters. The predicted octanol–water partition coefficient (Wildman–Crippen LogP) is 1.17. The molecule has 0 atom stereocenters. The van der Waals surface area contributed by atoms with Crippen LogP contribution in [0.4, 0.5) is 0 Å². The van der Waals surface area contributed by atoms with E-state index in [1.165, 1.54) is 0 Å². The lowest BCUT2D eigenvalue weighted by Crippen LogP contribution is -2.33. The van der Waals surface area contributed by atoms with Crippen LogP contribution in [-0.4, -0.2) is 42.9 Å². The molecule has 1 rings (SSSR count). The highest BCUT2D eigenvalue weighted by atomic mass is 16.2. The van der Waals surface area contributed by atoms with Gasteiger partial charge in [0.05, 0.1) is 0 Å². The fourth-order valence-corrected chi connectivity index (χ4v) is 1.44. The number of carbonyl (C=O) groups excluding carboxylic acids is 1. The summed E-state index contributed by atoms with van der Waals surface area (Å²) in [7, 11) is 0. The first-order chi connectivity index (χ1) is 8.17. The number of carbonyl (C=O) groups is 1. The van der Waals surface area contributed by atoms with E-state index in [4.69, 9.17) is 0 Å². The molecule has 0 saturated carbocycles. The van der Waals surface area contributed by atoms with Crippen LogP contribution in [0.15, 0.2) is 27.5 Å². The normalized spacial score (nSPS) is 17.9. The SMILES string of the molecule is C=C1N=NC(=NCCCN(CC)CC)NC1=O. The summed E-state index contributed by atoms with van der Waals surface area (Å²) in [6, 6.07) is 0. The molecule has 0 saturated heterocycles. The molecule has 94 valence electrons. The van der Waals surface area contributed by atoms with Crippen LogP contribution in [0.25, 0.3) is 0 Å². The lowest BCUT2D eigenvalue weighted by Gasteiger charge is -2.16. The van der Waals surface area contributed by atoms with Crippen molar-refractivity contribution in [3.05, 3.63) is 12.3 Å². The van der Waals surface area contributed by atoms with Crippen molar-refractivity contribution in [2.45, 2.75) is 20.3 Å². The van der Waals surface area contributed by atoms with E-state index in [0.717, 1.165) is 26.1 Å². The molecule has 0 aromatic heterocycles. The van der Waals surface area contributed by atoms with E-state index in [-0.39, 0.29) is 17.6 Å². The molecule has 17 heavy (non-hydrogen) atoms. The Bertz CT molecular complexity index is 344. The minimum Gasteiger partial charge on any atom is -0.304 e. The Hall–Kier alpha value is -1.56. The zero-order valence-corrected chi connectivity index (χ0v) is 10.4. The van der Waals surface area contributed by atoms with Crippen LogP contribution in [0.3, 0.4) is 0 Å². The van der Waals surface area contributed by atoms with E-state index >= 15 is 0 Å². The third kappa shape index (κ3) is 4.44. The van der Waals surface area contributed by atoms with Crippen LogP contribution in [-0.2, 0) is 4.79 Å². The Morgan fingerprint density at radius 2 is 2.06 bits per heavy atom. The first-order valence-corrected chi connectivity index (χ1v) is 5.86. The molecular weight excluding hydrogens is 218 g/mol. The topological polar surface area (TPSA) is 69.4 Å². The fraction of sp³-hybridized carbons (Fsp3) is 0.636. The van der Waals surface area contributed by atoms with Crippen molar-refractivity contribution in [1.29, 1.82) is 0 Å². The quantitative estimate of drug-likeness (QED) is 0.556. The minimum atomic E-state index is -0.331. The van der Waals surface area contributed by atoms with Crippen LogP contribution in [0.1, 0.15) is 20.3 Å². The number of guanidine groups is 1. The minimum absolute atomic E-state index is 0.118. The zero-order chi connectivity index (χ0) is 12.7. The van der Waals surface area contributed by atoms with Gasteiger partial charge in [-0.15, -0.1) is 10.2 Å². The molecule has 0 bridgehead atoms. The average Bonchev–Trinajstić information content (AvgIpc) is 2.34. The van der Waals surface area contributed by atoms with E-state index in [2.05, 4.69) is 45.9 Å². The molecule has 0 radical (unpaired) electrons. The van der Waals surface area contributed by atoms with E-state index in [9.17, 15) is 4.79 Å². The third-order valence-electron chi connectivity index (χ3n) is 2.54. The lowest BCUT2D eigenvalue weighted by molar-refractivity contribution is -0.116. The Morgan fingerprint density at radius 3 is 2.65 bits per heavy atom. The van der Waals surface area contributed by atoms with Gasteiger partial charge in [-0.2, -0.15) is 0 Å². The van der Waals surface area contributed by atoms with Gasteiger partial charge in [-0.25, -0.2) is 4.99 Å². The van der Waals surface area contributed by atoms with Crippen molar-refractivity contribution in [1.82, 2.24) is 10.2 Å². The van der Waals surface area contributed by atoms with Crippen molar-refractivity contribution in [3.8, 4) is 0 Å². The van der Waals surface area contributed by atoms with Gasteiger partial charge < -0.3 is 4.90 Å². The van der Waals surface area contributed by atoms with Gasteiger partial charge in [0.2, 0.25) is 5.96 Å². The van der Waals surface area contributed by atoms with Gasteiger partial charge in [-0.3, -0.25) is 10.1 Å². The molecule has 0 fully saturated rings. The molecule has 0 aromatic carbocycles. The van der Waals surface area contributed by atoms with E-state index in [1.54, 1.807) is 0 Å². The summed E-state index contributed by atoms with van der Waals surface area (Å²) in [6.07, 6.45) is 0.942. The predicted molar refractivity (Wildman–Crippen MR) is 66.8 cm³/mol. The molecule has 0 spiro atoms. The molecular formula is C11H19N5O. The first kappa shape index (κ1) is 13.5. The number of hydrogen-bond acceptors (Lipinski definition) is 4. The van der Waals surface area contributed by atoms with Gasteiger partial charge >= 0.3 is 0 Å². The smallest absolute Gasteiger partial charge is 0.277 e. The standard InChI is InChI=1S/C11H19N5O/c1-4-16(5-2)8-6-7-12-11-13-10(17)9(3)14-15-11/h3-8H2,1-2H3,(H,12,13,17). The Labute approximate surface area is 102 Å². The van der Waals surface area contributed by atoms with Crippen molar-refractivity contribution in [3.63, 3.8) is 0 Å². The summed E-state index contributed by atoms with van der Waals surface area (Å²) in [5, 5.41) is 9.88. The molecule has 1 amide bonds. The van der Waals surface area contributed by atoms with Crippen molar-refractivity contribution in [2.75, 3.05) is 26.2 Å². The van der Waals surface area contributed by atoms with Crippen LogP contribution < -0.4 is 5.32 Å². The van der Waals surface area contributed by atoms with Gasteiger partial charge in [0, 0.05) is 6.54 Å². The summed E-state index contributed by atoms with van der Waals surface area (Å²) >= 11 is 0. The summed E-state index contributed by atoms with van der Waals surface area (Å²) in [6.45, 7) is 11.4. The number of azo groups is 1. The summed E-state index contributed by atoms with van der Waals surface area (Å²) < 4.78 is 0. The Kier molecular flexibility index (Phi) is 5.48. The largest absolute Gasteiger partial charge is 0.304 e. The van der Waals surface area contributed by atoms with Crippen LogP contribution in [0.2, 0.25) is 0 Å². The van der Waals surface area contributed by atoms with Gasteiger partial charge in [-0.1, -0.05) is 20.4 Å². The number of rotatable bonds is 6. The van der Waals surface area contributed by atoms with E-state index in [0.29, 0.717) is 6.54 Å². The first-order valence-electron chi connectivity index (χ1n) is 5.86. The second-order valence-electron chi connectivity index (χ2n) is 3.69. The number of nitrogens with one attached hydrogen (secondary N) is 1. The second-order valence-corrected chi connectivity index (χ2v) is 3.69. The second kappa shape index (κ2) is 6.90. The summed E-state index contributed by atoms with van der Waals surface area (Å²) in [4.78, 5) is 17.7. The van der Waals surface area contributed by atoms with Crippen molar-refractivity contribution < 1.29 is 4.79 Å². The zero-order valence-electron chi connectivity index (χ0n) is 10.4. The van der Waals surface area contributed by atoms with Gasteiger partial charge in [-0.05, 0) is 26.1 Å². The maximum Gasteiger partial charge on any atom is 0.277 e. The molecule has 6 heteroatoms. The highest BCUT2D eigenvalue weighted by Crippen LogP contribution is 2.01. The molecule has 0 aliphatic carbocycles. The van der Waals surface area contributed by atoms with Crippen LogP contribution in [0, 0.1) is 0 Å². The Balaban J connectivity index is 2.32. The summed E-state index contributed by atoms with van der Waals surface area (Å²) in [5.74, 6) is -0.0514. The van der Waals surface area contributed by atoms with Crippen molar-refractivity contribution >= 4 is 11.9 Å². The number of amides is 1. The molecule has 1 heterocycles. The summed E-state index contributed by atoms with van der Waals surface area (Å²) in [5.41, 5.74) is 0.118. The van der Waals surface area contributed by atoms with Crippen LogP contribution >= 0.6 is 0 Å². The highest BCUT2D eigenvalue weighted by Gasteiger charge is 2.14.